The Morgan fingerprint density at radius 3 is 2.52 bits per heavy atom. The number of nitrogens with one attached hydrogen (secondary N) is 1. The summed E-state index contributed by atoms with van der Waals surface area (Å²) in [4.78, 5) is 29.7. The van der Waals surface area contributed by atoms with Gasteiger partial charge in [-0.05, 0) is 32.3 Å². The lowest BCUT2D eigenvalue weighted by Crippen LogP contribution is -2.27. The fourth-order valence-electron chi connectivity index (χ4n) is 2.19. The number of hydrogen-bond acceptors (Lipinski definition) is 5. The van der Waals surface area contributed by atoms with Gasteiger partial charge in [-0.3, -0.25) is 9.59 Å². The van der Waals surface area contributed by atoms with Crippen LogP contribution < -0.4 is 10.9 Å². The normalized spacial score (nSPS) is 11.1. The van der Waals surface area contributed by atoms with Gasteiger partial charge in [0, 0.05) is 13.6 Å². The molecule has 0 aromatic carbocycles. The van der Waals surface area contributed by atoms with E-state index in [0.29, 0.717) is 33.6 Å². The van der Waals surface area contributed by atoms with Crippen molar-refractivity contribution in [3.05, 3.63) is 32.2 Å². The lowest BCUT2D eigenvalue weighted by molar-refractivity contribution is 0.0952. The molecule has 2 rings (SSSR count). The summed E-state index contributed by atoms with van der Waals surface area (Å²) < 4.78 is 1.31. The molecule has 7 heteroatoms. The molecule has 0 atom stereocenters. The third-order valence-electron chi connectivity index (χ3n) is 3.61. The van der Waals surface area contributed by atoms with Crippen LogP contribution in [0, 0.1) is 26.7 Å². The van der Waals surface area contributed by atoms with Crippen LogP contribution in [-0.2, 0) is 7.05 Å². The van der Waals surface area contributed by atoms with Gasteiger partial charge in [0.2, 0.25) is 0 Å². The maximum Gasteiger partial charge on any atom is 0.277 e. The molecule has 0 spiro atoms. The van der Waals surface area contributed by atoms with Crippen molar-refractivity contribution in [3.8, 4) is 10.6 Å². The third kappa shape index (κ3) is 3.50. The maximum absolute atomic E-state index is 12.4. The summed E-state index contributed by atoms with van der Waals surface area (Å²) in [5, 5.41) is 7.64. The fourth-order valence-corrected chi connectivity index (χ4v) is 3.27. The summed E-state index contributed by atoms with van der Waals surface area (Å²) in [7, 11) is 1.62. The highest BCUT2D eigenvalue weighted by molar-refractivity contribution is 7.17. The minimum atomic E-state index is -0.198. The number of carbonyl (C=O) groups is 1. The van der Waals surface area contributed by atoms with Crippen LogP contribution in [0.25, 0.3) is 10.6 Å². The first-order valence-electron chi connectivity index (χ1n) is 7.52. The van der Waals surface area contributed by atoms with Crippen molar-refractivity contribution in [2.24, 2.45) is 13.0 Å². The minimum Gasteiger partial charge on any atom is -0.351 e. The van der Waals surface area contributed by atoms with Crippen LogP contribution in [0.3, 0.4) is 0 Å². The molecular formula is C16H22N4O2S. The molecule has 2 heterocycles. The first-order valence-corrected chi connectivity index (χ1v) is 8.34. The van der Waals surface area contributed by atoms with Gasteiger partial charge in [-0.2, -0.15) is 5.10 Å². The highest BCUT2D eigenvalue weighted by Crippen LogP contribution is 2.28. The van der Waals surface area contributed by atoms with Crippen molar-refractivity contribution in [1.29, 1.82) is 0 Å². The number of nitrogens with zero attached hydrogens (tertiary/aromatic N) is 3. The van der Waals surface area contributed by atoms with Gasteiger partial charge in [-0.15, -0.1) is 11.3 Å². The zero-order valence-corrected chi connectivity index (χ0v) is 15.2. The van der Waals surface area contributed by atoms with Gasteiger partial charge in [-0.25, -0.2) is 9.67 Å². The van der Waals surface area contributed by atoms with Crippen LogP contribution in [-0.4, -0.2) is 27.2 Å². The van der Waals surface area contributed by atoms with Crippen molar-refractivity contribution in [2.75, 3.05) is 6.54 Å². The number of amides is 1. The van der Waals surface area contributed by atoms with E-state index in [-0.39, 0.29) is 11.5 Å². The van der Waals surface area contributed by atoms with Gasteiger partial charge >= 0.3 is 0 Å². The lowest BCUT2D eigenvalue weighted by Gasteiger charge is -2.07. The molecule has 0 aliphatic rings. The van der Waals surface area contributed by atoms with E-state index < -0.39 is 0 Å². The minimum absolute atomic E-state index is 0.139. The molecule has 0 unspecified atom stereocenters. The van der Waals surface area contributed by atoms with Crippen LogP contribution in [0.15, 0.2) is 4.79 Å². The molecule has 0 saturated carbocycles. The zero-order chi connectivity index (χ0) is 17.3. The quantitative estimate of drug-likeness (QED) is 0.930. The molecule has 0 saturated heterocycles. The molecule has 1 amide bonds. The van der Waals surface area contributed by atoms with Crippen LogP contribution in [0.5, 0.6) is 0 Å². The molecule has 124 valence electrons. The second kappa shape index (κ2) is 6.62. The number of thiazole rings is 1. The third-order valence-corrected chi connectivity index (χ3v) is 4.79. The van der Waals surface area contributed by atoms with E-state index in [4.69, 9.17) is 0 Å². The number of aryl methyl sites for hydroxylation is 3. The van der Waals surface area contributed by atoms with Crippen LogP contribution in [0.1, 0.15) is 40.5 Å². The zero-order valence-electron chi connectivity index (χ0n) is 14.4. The first kappa shape index (κ1) is 17.3. The van der Waals surface area contributed by atoms with Gasteiger partial charge in [0.1, 0.15) is 9.88 Å². The van der Waals surface area contributed by atoms with Gasteiger partial charge in [0.05, 0.1) is 17.0 Å². The molecule has 1 N–H and O–H groups in total. The Bertz CT molecular complexity index is 805. The highest BCUT2D eigenvalue weighted by atomic mass is 32.1. The van der Waals surface area contributed by atoms with E-state index in [9.17, 15) is 9.59 Å². The molecule has 0 aliphatic carbocycles. The van der Waals surface area contributed by atoms with E-state index in [1.54, 1.807) is 14.0 Å². The van der Waals surface area contributed by atoms with Gasteiger partial charge in [0.25, 0.3) is 11.5 Å². The van der Waals surface area contributed by atoms with E-state index in [0.717, 1.165) is 11.3 Å². The summed E-state index contributed by atoms with van der Waals surface area (Å²) in [6, 6.07) is 0. The summed E-state index contributed by atoms with van der Waals surface area (Å²) in [5.74, 6) is 0.240. The molecule has 0 aliphatic heterocycles. The monoisotopic (exact) mass is 334 g/mol. The first-order chi connectivity index (χ1) is 10.7. The van der Waals surface area contributed by atoms with E-state index in [2.05, 4.69) is 15.4 Å². The molecule has 2 aromatic rings. The SMILES string of the molecule is Cc1nc(-c2c(C)c(C)nn(C)c2=O)sc1C(=O)NCC(C)C. The van der Waals surface area contributed by atoms with Gasteiger partial charge in [0.15, 0.2) is 0 Å². The number of hydrogen-bond donors (Lipinski definition) is 1. The topological polar surface area (TPSA) is 76.9 Å². The molecule has 0 radical (unpaired) electrons. The Labute approximate surface area is 139 Å². The van der Waals surface area contributed by atoms with E-state index in [1.165, 1.54) is 16.0 Å². The van der Waals surface area contributed by atoms with E-state index >= 15 is 0 Å². The van der Waals surface area contributed by atoms with Crippen LogP contribution in [0.4, 0.5) is 0 Å². The number of aromatic nitrogens is 3. The molecule has 6 nitrogen and oxygen atoms in total. The van der Waals surface area contributed by atoms with Crippen molar-refractivity contribution in [3.63, 3.8) is 0 Å². The van der Waals surface area contributed by atoms with Crippen LogP contribution >= 0.6 is 11.3 Å². The summed E-state index contributed by atoms with van der Waals surface area (Å²) in [6.45, 7) is 10.2. The number of carbonyl (C=O) groups excluding carboxylic acids is 1. The van der Waals surface area contributed by atoms with Gasteiger partial charge in [-0.1, -0.05) is 13.8 Å². The second-order valence-electron chi connectivity index (χ2n) is 6.05. The smallest absolute Gasteiger partial charge is 0.277 e. The van der Waals surface area contributed by atoms with Crippen molar-refractivity contribution < 1.29 is 4.79 Å². The lowest BCUT2D eigenvalue weighted by atomic mass is 10.1. The Hall–Kier alpha value is -2.02. The Balaban J connectivity index is 2.47. The predicted molar refractivity (Wildman–Crippen MR) is 92.0 cm³/mol. The predicted octanol–water partition coefficient (Wildman–Crippen LogP) is 2.21. The van der Waals surface area contributed by atoms with E-state index in [1.807, 2.05) is 27.7 Å². The van der Waals surface area contributed by atoms with Crippen molar-refractivity contribution in [2.45, 2.75) is 34.6 Å². The average Bonchev–Trinajstić information content (AvgIpc) is 2.84. The summed E-state index contributed by atoms with van der Waals surface area (Å²) in [5.41, 5.74) is 2.55. The van der Waals surface area contributed by atoms with Crippen molar-refractivity contribution in [1.82, 2.24) is 20.1 Å². The Morgan fingerprint density at radius 1 is 1.26 bits per heavy atom. The summed E-state index contributed by atoms with van der Waals surface area (Å²) in [6.07, 6.45) is 0. The molecule has 0 bridgehead atoms. The fraction of sp³-hybridized carbons (Fsp3) is 0.500. The Kier molecular flexibility index (Phi) is 4.99. The summed E-state index contributed by atoms with van der Waals surface area (Å²) >= 11 is 1.25. The molecule has 23 heavy (non-hydrogen) atoms. The number of rotatable bonds is 4. The van der Waals surface area contributed by atoms with Gasteiger partial charge < -0.3 is 5.32 Å². The maximum atomic E-state index is 12.4. The molecule has 0 fully saturated rings. The van der Waals surface area contributed by atoms with Crippen LogP contribution in [0.2, 0.25) is 0 Å². The standard InChI is InChI=1S/C16H22N4O2S/c1-8(2)7-17-14(21)13-11(5)18-15(23-13)12-9(3)10(4)19-20(6)16(12)22/h8H,7H2,1-6H3,(H,17,21). The Morgan fingerprint density at radius 2 is 1.91 bits per heavy atom. The second-order valence-corrected chi connectivity index (χ2v) is 7.05. The highest BCUT2D eigenvalue weighted by Gasteiger charge is 2.20. The molecular weight excluding hydrogens is 312 g/mol. The van der Waals surface area contributed by atoms with Crippen molar-refractivity contribution >= 4 is 17.2 Å². The average molecular weight is 334 g/mol. The molecule has 2 aromatic heterocycles. The largest absolute Gasteiger partial charge is 0.351 e.